The second-order valence-corrected chi connectivity index (χ2v) is 8.02. The van der Waals surface area contributed by atoms with E-state index in [1.165, 1.54) is 0 Å². The number of likely N-dealkylation sites (N-methyl/N-ethyl adjacent to an activating group) is 1. The maximum absolute atomic E-state index is 12.5. The zero-order valence-electron chi connectivity index (χ0n) is 13.8. The molecule has 0 aliphatic rings. The quantitative estimate of drug-likeness (QED) is 0.832. The predicted octanol–water partition coefficient (Wildman–Crippen LogP) is 1.38. The zero-order valence-corrected chi connectivity index (χ0v) is 14.6. The van der Waals surface area contributed by atoms with Crippen LogP contribution >= 0.6 is 0 Å². The average molecular weight is 313 g/mol. The van der Waals surface area contributed by atoms with Crippen molar-refractivity contribution in [3.63, 3.8) is 0 Å². The first-order chi connectivity index (χ1) is 9.51. The number of hydrogen-bond donors (Lipinski definition) is 2. The molecule has 1 aromatic rings. The van der Waals surface area contributed by atoms with E-state index in [1.54, 1.807) is 13.0 Å². The van der Waals surface area contributed by atoms with Crippen molar-refractivity contribution in [2.45, 2.75) is 44.7 Å². The lowest BCUT2D eigenvalue weighted by atomic mass is 10.1. The van der Waals surface area contributed by atoms with Gasteiger partial charge in [0.25, 0.3) is 0 Å². The van der Waals surface area contributed by atoms with Crippen LogP contribution in [0, 0.1) is 13.8 Å². The van der Waals surface area contributed by atoms with Gasteiger partial charge in [-0.2, -0.15) is 0 Å². The van der Waals surface area contributed by atoms with E-state index in [2.05, 4.69) is 4.72 Å². The molecule has 5 nitrogen and oxygen atoms in total. The van der Waals surface area contributed by atoms with Crippen molar-refractivity contribution in [2.75, 3.05) is 20.6 Å². The van der Waals surface area contributed by atoms with Crippen molar-refractivity contribution < 1.29 is 8.42 Å². The molecular formula is C15H27N3O2S. The molecule has 0 fully saturated rings. The molecule has 0 heterocycles. The molecule has 21 heavy (non-hydrogen) atoms. The number of nitrogens with zero attached hydrogens (tertiary/aromatic N) is 1. The molecule has 1 aromatic carbocycles. The van der Waals surface area contributed by atoms with Gasteiger partial charge >= 0.3 is 0 Å². The molecule has 0 aliphatic heterocycles. The molecule has 0 amide bonds. The van der Waals surface area contributed by atoms with E-state index >= 15 is 0 Å². The minimum atomic E-state index is -3.54. The Morgan fingerprint density at radius 3 is 2.24 bits per heavy atom. The fourth-order valence-electron chi connectivity index (χ4n) is 1.89. The smallest absolute Gasteiger partial charge is 0.240 e. The van der Waals surface area contributed by atoms with Crippen LogP contribution in [0.2, 0.25) is 0 Å². The van der Waals surface area contributed by atoms with E-state index in [0.29, 0.717) is 18.0 Å². The molecule has 0 bridgehead atoms. The van der Waals surface area contributed by atoms with Crippen LogP contribution < -0.4 is 10.5 Å². The van der Waals surface area contributed by atoms with Gasteiger partial charge in [-0.15, -0.1) is 0 Å². The lowest BCUT2D eigenvalue weighted by Gasteiger charge is -2.32. The maximum Gasteiger partial charge on any atom is 0.240 e. The number of sulfonamides is 1. The maximum atomic E-state index is 12.5. The summed E-state index contributed by atoms with van der Waals surface area (Å²) in [7, 11) is 0.318. The van der Waals surface area contributed by atoms with Gasteiger partial charge in [0.2, 0.25) is 10.0 Å². The minimum absolute atomic E-state index is 0.262. The van der Waals surface area contributed by atoms with Gasteiger partial charge in [0.15, 0.2) is 0 Å². The first-order valence-electron chi connectivity index (χ1n) is 6.98. The number of aryl methyl sites for hydroxylation is 2. The van der Waals surface area contributed by atoms with Gasteiger partial charge in [-0.1, -0.05) is 6.07 Å². The normalized spacial score (nSPS) is 13.0. The topological polar surface area (TPSA) is 75.4 Å². The van der Waals surface area contributed by atoms with Gasteiger partial charge in [0.1, 0.15) is 0 Å². The highest BCUT2D eigenvalue weighted by atomic mass is 32.2. The molecule has 1 rings (SSSR count). The first-order valence-corrected chi connectivity index (χ1v) is 8.47. The molecule has 0 atom stereocenters. The van der Waals surface area contributed by atoms with Gasteiger partial charge in [-0.05, 0) is 64.5 Å². The molecule has 0 saturated heterocycles. The molecule has 0 saturated carbocycles. The molecule has 3 N–H and O–H groups in total. The average Bonchev–Trinajstić information content (AvgIpc) is 2.36. The van der Waals surface area contributed by atoms with Gasteiger partial charge < -0.3 is 10.6 Å². The Hall–Kier alpha value is -0.950. The third-order valence-electron chi connectivity index (χ3n) is 4.05. The third-order valence-corrected chi connectivity index (χ3v) is 5.59. The molecule has 0 aliphatic carbocycles. The summed E-state index contributed by atoms with van der Waals surface area (Å²) < 4.78 is 27.8. The van der Waals surface area contributed by atoms with Crippen molar-refractivity contribution in [3.8, 4) is 0 Å². The van der Waals surface area contributed by atoms with Crippen LogP contribution in [0.25, 0.3) is 0 Å². The molecule has 120 valence electrons. The summed E-state index contributed by atoms with van der Waals surface area (Å²) in [5.74, 6) is 0. The molecule has 6 heteroatoms. The largest absolute Gasteiger partial charge is 0.326 e. The van der Waals surface area contributed by atoms with E-state index in [-0.39, 0.29) is 5.54 Å². The number of nitrogens with two attached hydrogens (primary N) is 1. The van der Waals surface area contributed by atoms with Gasteiger partial charge in [0, 0.05) is 18.6 Å². The summed E-state index contributed by atoms with van der Waals surface area (Å²) in [6.07, 6.45) is 0. The van der Waals surface area contributed by atoms with Gasteiger partial charge in [0.05, 0.1) is 4.90 Å². The van der Waals surface area contributed by atoms with E-state index in [1.807, 2.05) is 45.8 Å². The van der Waals surface area contributed by atoms with Crippen LogP contribution in [-0.2, 0) is 16.6 Å². The highest BCUT2D eigenvalue weighted by molar-refractivity contribution is 7.89. The Kier molecular flexibility index (Phi) is 5.55. The van der Waals surface area contributed by atoms with Crippen LogP contribution in [-0.4, -0.2) is 39.5 Å². The Morgan fingerprint density at radius 1 is 1.19 bits per heavy atom. The van der Waals surface area contributed by atoms with Crippen LogP contribution in [0.15, 0.2) is 17.0 Å². The van der Waals surface area contributed by atoms with Crippen molar-refractivity contribution in [2.24, 2.45) is 5.73 Å². The van der Waals surface area contributed by atoms with E-state index < -0.39 is 10.0 Å². The van der Waals surface area contributed by atoms with Crippen LogP contribution in [0.3, 0.4) is 0 Å². The lowest BCUT2D eigenvalue weighted by molar-refractivity contribution is 0.199. The Morgan fingerprint density at radius 2 is 1.76 bits per heavy atom. The second kappa shape index (κ2) is 6.44. The number of hydrogen-bond acceptors (Lipinski definition) is 4. The molecule has 0 aromatic heterocycles. The monoisotopic (exact) mass is 313 g/mol. The minimum Gasteiger partial charge on any atom is -0.326 e. The highest BCUT2D eigenvalue weighted by Gasteiger charge is 2.25. The number of benzene rings is 1. The third kappa shape index (κ3) is 4.26. The van der Waals surface area contributed by atoms with Gasteiger partial charge in [-0.3, -0.25) is 0 Å². The molecule has 0 spiro atoms. The fraction of sp³-hybridized carbons (Fsp3) is 0.600. The lowest BCUT2D eigenvalue weighted by Crippen LogP contribution is -2.48. The van der Waals surface area contributed by atoms with Crippen molar-refractivity contribution in [1.29, 1.82) is 0 Å². The summed E-state index contributed by atoms with van der Waals surface area (Å²) in [5, 5.41) is 0. The second-order valence-electron chi connectivity index (χ2n) is 6.28. The van der Waals surface area contributed by atoms with Crippen LogP contribution in [0.1, 0.15) is 30.5 Å². The van der Waals surface area contributed by atoms with Crippen molar-refractivity contribution >= 4 is 10.0 Å². The van der Waals surface area contributed by atoms with Gasteiger partial charge in [-0.25, -0.2) is 13.1 Å². The zero-order chi connectivity index (χ0) is 16.4. The summed E-state index contributed by atoms with van der Waals surface area (Å²) >= 11 is 0. The predicted molar refractivity (Wildman–Crippen MR) is 86.8 cm³/mol. The number of nitrogens with one attached hydrogen (secondary N) is 1. The van der Waals surface area contributed by atoms with Crippen LogP contribution in [0.4, 0.5) is 0 Å². The Labute approximate surface area is 128 Å². The Balaban J connectivity index is 3.09. The summed E-state index contributed by atoms with van der Waals surface area (Å²) in [5.41, 5.74) is 8.02. The Bertz CT molecular complexity index is 608. The molecular weight excluding hydrogens is 286 g/mol. The standard InChI is InChI=1S/C15H27N3O2S/c1-11-7-12(2)14(8-13(11)9-16)21(19,20)17-10-15(3,4)18(5)6/h7-8,17H,9-10,16H2,1-6H3. The fourth-order valence-corrected chi connectivity index (χ4v) is 3.37. The highest BCUT2D eigenvalue weighted by Crippen LogP contribution is 2.21. The summed E-state index contributed by atoms with van der Waals surface area (Å²) in [6.45, 7) is 8.39. The van der Waals surface area contributed by atoms with E-state index in [0.717, 1.165) is 16.7 Å². The SMILES string of the molecule is Cc1cc(C)c(S(=O)(=O)NCC(C)(C)N(C)C)cc1CN. The first kappa shape index (κ1) is 18.1. The number of rotatable bonds is 6. The van der Waals surface area contributed by atoms with E-state index in [4.69, 9.17) is 5.73 Å². The molecule has 0 radical (unpaired) electrons. The van der Waals surface area contributed by atoms with E-state index in [9.17, 15) is 8.42 Å². The van der Waals surface area contributed by atoms with Crippen molar-refractivity contribution in [1.82, 2.24) is 9.62 Å². The summed E-state index contributed by atoms with van der Waals surface area (Å²) in [6, 6.07) is 3.55. The van der Waals surface area contributed by atoms with Crippen LogP contribution in [0.5, 0.6) is 0 Å². The van der Waals surface area contributed by atoms with Crippen molar-refractivity contribution in [3.05, 3.63) is 28.8 Å². The molecule has 0 unspecified atom stereocenters. The summed E-state index contributed by atoms with van der Waals surface area (Å²) in [4.78, 5) is 2.30.